The summed E-state index contributed by atoms with van der Waals surface area (Å²) in [5.74, 6) is -0.0193. The van der Waals surface area contributed by atoms with Gasteiger partial charge in [0.2, 0.25) is 11.8 Å². The third-order valence-electron chi connectivity index (χ3n) is 8.88. The van der Waals surface area contributed by atoms with Gasteiger partial charge in [-0.15, -0.1) is 11.3 Å². The van der Waals surface area contributed by atoms with Crippen LogP contribution in [0.4, 0.5) is 0 Å². The van der Waals surface area contributed by atoms with Crippen molar-refractivity contribution in [2.75, 3.05) is 19.7 Å². The second-order valence-electron chi connectivity index (χ2n) is 13.1. The molecule has 0 aliphatic carbocycles. The van der Waals surface area contributed by atoms with Crippen LogP contribution in [0.2, 0.25) is 0 Å². The van der Waals surface area contributed by atoms with E-state index in [9.17, 15) is 14.7 Å². The first kappa shape index (κ1) is 36.6. The maximum atomic E-state index is 13.8. The Labute approximate surface area is 283 Å². The number of ether oxygens (including phenoxy) is 1. The summed E-state index contributed by atoms with van der Waals surface area (Å²) in [6, 6.07) is 7.03. The van der Waals surface area contributed by atoms with Crippen molar-refractivity contribution in [3.05, 3.63) is 52.5 Å². The topological polar surface area (TPSA) is 144 Å². The van der Waals surface area contributed by atoms with Gasteiger partial charge in [0.05, 0.1) is 34.5 Å². The number of aryl methyl sites for hydroxylation is 2. The summed E-state index contributed by atoms with van der Waals surface area (Å²) in [6.45, 7) is 9.40. The van der Waals surface area contributed by atoms with E-state index >= 15 is 0 Å². The zero-order valence-electron chi connectivity index (χ0n) is 28.5. The average molecular weight is 668 g/mol. The molecule has 1 aliphatic heterocycles. The SMILES string of the molecule is Cc1cc(C(C(=O)N2C[C@H](O)C[C@H]2C(=O)NCc2ccc(-c3scnc3C)cc2OCCCCCCCCCCCN)C(C)C)on1. The fourth-order valence-corrected chi connectivity index (χ4v) is 7.07. The van der Waals surface area contributed by atoms with Crippen LogP contribution in [0.1, 0.15) is 107 Å². The Balaban J connectivity index is 1.37. The number of nitrogens with two attached hydrogens (primary N) is 1. The van der Waals surface area contributed by atoms with E-state index in [-0.39, 0.29) is 37.2 Å². The number of aliphatic hydroxyl groups excluding tert-OH is 1. The van der Waals surface area contributed by atoms with Gasteiger partial charge in [-0.05, 0) is 50.8 Å². The van der Waals surface area contributed by atoms with Crippen molar-refractivity contribution in [3.63, 3.8) is 0 Å². The quantitative estimate of drug-likeness (QED) is 0.127. The molecule has 1 unspecified atom stereocenters. The summed E-state index contributed by atoms with van der Waals surface area (Å²) in [6.07, 6.45) is 10.1. The van der Waals surface area contributed by atoms with E-state index in [2.05, 4.69) is 15.5 Å². The molecule has 258 valence electrons. The van der Waals surface area contributed by atoms with Gasteiger partial charge in [-0.25, -0.2) is 4.98 Å². The molecule has 4 N–H and O–H groups in total. The number of β-amino-alcohol motifs (C(OH)–C–C–N with tert-alkyl or cyclic N) is 1. The van der Waals surface area contributed by atoms with Crippen LogP contribution in [0.15, 0.2) is 34.3 Å². The third kappa shape index (κ3) is 10.4. The zero-order chi connectivity index (χ0) is 33.8. The van der Waals surface area contributed by atoms with Crippen LogP contribution >= 0.6 is 11.3 Å². The minimum Gasteiger partial charge on any atom is -0.493 e. The number of rotatable bonds is 19. The highest BCUT2D eigenvalue weighted by Crippen LogP contribution is 2.33. The summed E-state index contributed by atoms with van der Waals surface area (Å²) >= 11 is 1.59. The van der Waals surface area contributed by atoms with Gasteiger partial charge in [-0.1, -0.05) is 76.1 Å². The number of unbranched alkanes of at least 4 members (excludes halogenated alkanes) is 8. The number of likely N-dealkylation sites (tertiary alicyclic amines) is 1. The van der Waals surface area contributed by atoms with Gasteiger partial charge in [0.1, 0.15) is 23.5 Å². The molecule has 4 rings (SSSR count). The number of hydrogen-bond donors (Lipinski definition) is 3. The second kappa shape index (κ2) is 18.3. The van der Waals surface area contributed by atoms with Crippen LogP contribution in [0.25, 0.3) is 10.4 Å². The normalized spacial score (nSPS) is 17.0. The summed E-state index contributed by atoms with van der Waals surface area (Å²) in [7, 11) is 0. The van der Waals surface area contributed by atoms with Crippen molar-refractivity contribution in [2.45, 2.75) is 117 Å². The third-order valence-corrected chi connectivity index (χ3v) is 9.86. The number of carbonyl (C=O) groups excluding carboxylic acids is 2. The first-order valence-electron chi connectivity index (χ1n) is 17.2. The molecule has 1 fully saturated rings. The Hall–Kier alpha value is -3.28. The molecule has 1 saturated heterocycles. The number of thiazole rings is 1. The largest absolute Gasteiger partial charge is 0.493 e. The molecule has 2 aromatic heterocycles. The van der Waals surface area contributed by atoms with Crippen LogP contribution in [-0.2, 0) is 16.1 Å². The number of hydrogen-bond acceptors (Lipinski definition) is 9. The van der Waals surface area contributed by atoms with Crippen molar-refractivity contribution in [3.8, 4) is 16.2 Å². The Kier molecular flexibility index (Phi) is 14.2. The Bertz CT molecular complexity index is 1420. The number of nitrogens with one attached hydrogen (secondary N) is 1. The predicted molar refractivity (Wildman–Crippen MR) is 185 cm³/mol. The smallest absolute Gasteiger partial charge is 0.243 e. The molecule has 3 heterocycles. The molecule has 47 heavy (non-hydrogen) atoms. The van der Waals surface area contributed by atoms with E-state index in [1.165, 1.54) is 43.4 Å². The zero-order valence-corrected chi connectivity index (χ0v) is 29.3. The molecule has 11 heteroatoms. The standard InChI is InChI=1S/C36H53N5O5S/c1-24(2)33(32-18-25(3)40-46-32)36(44)41-22-29(42)20-30(41)35(43)38-21-28-15-14-27(34-26(4)39-23-47-34)19-31(28)45-17-13-11-9-7-5-6-8-10-12-16-37/h14-15,18-19,23-24,29-30,33,42H,5-13,16-17,20-22,37H2,1-4H3,(H,38,43)/t29-,30+,33?/m1/s1. The summed E-state index contributed by atoms with van der Waals surface area (Å²) < 4.78 is 11.8. The monoisotopic (exact) mass is 667 g/mol. The van der Waals surface area contributed by atoms with Crippen LogP contribution in [0.3, 0.4) is 0 Å². The lowest BCUT2D eigenvalue weighted by molar-refractivity contribution is -0.141. The van der Waals surface area contributed by atoms with Gasteiger partial charge in [-0.2, -0.15) is 0 Å². The van der Waals surface area contributed by atoms with E-state index in [0.29, 0.717) is 18.1 Å². The first-order chi connectivity index (χ1) is 22.7. The van der Waals surface area contributed by atoms with Gasteiger partial charge >= 0.3 is 0 Å². The van der Waals surface area contributed by atoms with Crippen LogP contribution < -0.4 is 15.8 Å². The number of nitrogens with zero attached hydrogens (tertiary/aromatic N) is 3. The number of benzene rings is 1. The highest BCUT2D eigenvalue weighted by Gasteiger charge is 2.43. The van der Waals surface area contributed by atoms with Crippen molar-refractivity contribution in [1.82, 2.24) is 20.4 Å². The van der Waals surface area contributed by atoms with Crippen molar-refractivity contribution < 1.29 is 24.0 Å². The summed E-state index contributed by atoms with van der Waals surface area (Å²) in [5, 5.41) is 17.5. The number of aliphatic hydroxyl groups is 1. The Morgan fingerprint density at radius 1 is 1.09 bits per heavy atom. The molecule has 10 nitrogen and oxygen atoms in total. The molecular weight excluding hydrogens is 614 g/mol. The van der Waals surface area contributed by atoms with Crippen molar-refractivity contribution in [1.29, 1.82) is 0 Å². The highest BCUT2D eigenvalue weighted by atomic mass is 32.1. The van der Waals surface area contributed by atoms with Crippen molar-refractivity contribution in [2.24, 2.45) is 11.7 Å². The first-order valence-corrected chi connectivity index (χ1v) is 18.1. The number of aromatic nitrogens is 2. The fraction of sp³-hybridized carbons (Fsp3) is 0.611. The molecule has 2 amide bonds. The maximum Gasteiger partial charge on any atom is 0.243 e. The molecule has 0 saturated carbocycles. The van der Waals surface area contributed by atoms with Crippen LogP contribution in [-0.4, -0.2) is 63.8 Å². The van der Waals surface area contributed by atoms with E-state index < -0.39 is 18.1 Å². The molecule has 1 aliphatic rings. The lowest BCUT2D eigenvalue weighted by atomic mass is 9.91. The lowest BCUT2D eigenvalue weighted by Crippen LogP contribution is -2.48. The molecule has 0 spiro atoms. The van der Waals surface area contributed by atoms with Gasteiger partial charge in [0, 0.05) is 31.1 Å². The summed E-state index contributed by atoms with van der Waals surface area (Å²) in [4.78, 5) is 34.3. The predicted octanol–water partition coefficient (Wildman–Crippen LogP) is 6.28. The maximum absolute atomic E-state index is 13.8. The van der Waals surface area contributed by atoms with Gasteiger partial charge in [-0.3, -0.25) is 9.59 Å². The van der Waals surface area contributed by atoms with Gasteiger partial charge in [0.15, 0.2) is 0 Å². The van der Waals surface area contributed by atoms with E-state index in [0.717, 1.165) is 53.3 Å². The van der Waals surface area contributed by atoms with E-state index in [4.69, 9.17) is 15.0 Å². The Morgan fingerprint density at radius 2 is 1.79 bits per heavy atom. The van der Waals surface area contributed by atoms with Gasteiger partial charge < -0.3 is 30.3 Å². The molecular formula is C36H53N5O5S. The molecule has 3 atom stereocenters. The minimum atomic E-state index is -0.785. The molecule has 1 aromatic carbocycles. The van der Waals surface area contributed by atoms with Crippen LogP contribution in [0.5, 0.6) is 5.75 Å². The summed E-state index contributed by atoms with van der Waals surface area (Å²) in [5.41, 5.74) is 11.0. The number of amides is 2. The molecule has 0 bridgehead atoms. The van der Waals surface area contributed by atoms with Crippen LogP contribution in [0, 0.1) is 19.8 Å². The van der Waals surface area contributed by atoms with Gasteiger partial charge in [0.25, 0.3) is 0 Å². The molecule has 0 radical (unpaired) electrons. The fourth-order valence-electron chi connectivity index (χ4n) is 6.27. The van der Waals surface area contributed by atoms with E-state index in [1.807, 2.05) is 51.4 Å². The number of carbonyl (C=O) groups is 2. The lowest BCUT2D eigenvalue weighted by Gasteiger charge is -2.28. The Morgan fingerprint density at radius 3 is 2.40 bits per heavy atom. The highest BCUT2D eigenvalue weighted by molar-refractivity contribution is 7.13. The van der Waals surface area contributed by atoms with E-state index in [1.54, 1.807) is 17.4 Å². The van der Waals surface area contributed by atoms with Crippen molar-refractivity contribution >= 4 is 23.2 Å². The minimum absolute atomic E-state index is 0.0804. The average Bonchev–Trinajstić information content (AvgIpc) is 3.78. The molecule has 3 aromatic rings. The second-order valence-corrected chi connectivity index (χ2v) is 14.0.